The number of carbonyl (C=O) groups excluding carboxylic acids is 3. The van der Waals surface area contributed by atoms with Crippen LogP contribution in [0.5, 0.6) is 5.75 Å². The molecule has 0 aromatic heterocycles. The Morgan fingerprint density at radius 3 is 2.74 bits per heavy atom. The number of benzene rings is 2. The van der Waals surface area contributed by atoms with Crippen LogP contribution in [0.2, 0.25) is 0 Å². The van der Waals surface area contributed by atoms with Gasteiger partial charge in [0.05, 0.1) is 25.2 Å². The Kier molecular flexibility index (Phi) is 9.41. The van der Waals surface area contributed by atoms with Gasteiger partial charge in [0.1, 0.15) is 11.8 Å². The van der Waals surface area contributed by atoms with E-state index in [1.807, 2.05) is 37.3 Å². The Hall–Kier alpha value is -2.98. The van der Waals surface area contributed by atoms with Gasteiger partial charge in [-0.3, -0.25) is 19.7 Å². The molecule has 0 spiro atoms. The molecule has 180 valence electrons. The first-order chi connectivity index (χ1) is 16.4. The van der Waals surface area contributed by atoms with Gasteiger partial charge in [0.25, 0.3) is 5.91 Å². The van der Waals surface area contributed by atoms with Crippen molar-refractivity contribution in [3.63, 3.8) is 0 Å². The highest BCUT2D eigenvalue weighted by Gasteiger charge is 2.34. The zero-order valence-electron chi connectivity index (χ0n) is 18.7. The molecule has 0 bridgehead atoms. The summed E-state index contributed by atoms with van der Waals surface area (Å²) >= 11 is 8.79. The van der Waals surface area contributed by atoms with Crippen molar-refractivity contribution in [2.24, 2.45) is 0 Å². The standard InChI is InChI=1S/C24H26BrN3O5S/c1-2-32-20-9-8-17(25)14-18(20)22(30)27-24(34)28-12-11-26-23(31)19(28)15-21(29)33-13-10-16-6-4-3-5-7-16/h3-9,14,19H,2,10-13,15H2,1H3,(H,26,31)(H,27,30,34). The molecule has 1 aliphatic rings. The molecule has 0 saturated carbocycles. The number of ether oxygens (including phenoxy) is 2. The zero-order valence-corrected chi connectivity index (χ0v) is 21.1. The van der Waals surface area contributed by atoms with E-state index < -0.39 is 17.9 Å². The maximum atomic E-state index is 12.9. The highest BCUT2D eigenvalue weighted by Crippen LogP contribution is 2.23. The summed E-state index contributed by atoms with van der Waals surface area (Å²) in [5.74, 6) is -0.908. The van der Waals surface area contributed by atoms with Gasteiger partial charge < -0.3 is 19.7 Å². The Bertz CT molecular complexity index is 1050. The lowest BCUT2D eigenvalue weighted by Crippen LogP contribution is -2.60. The molecule has 2 amide bonds. The molecule has 10 heteroatoms. The molecule has 0 aliphatic carbocycles. The van der Waals surface area contributed by atoms with Gasteiger partial charge in [-0.1, -0.05) is 46.3 Å². The normalized spacial score (nSPS) is 15.3. The summed E-state index contributed by atoms with van der Waals surface area (Å²) in [5, 5.41) is 5.46. The predicted molar refractivity (Wildman–Crippen MR) is 135 cm³/mol. The fraction of sp³-hybridized carbons (Fsp3) is 0.333. The number of rotatable bonds is 8. The average molecular weight is 548 g/mol. The van der Waals surface area contributed by atoms with Crippen LogP contribution in [0.3, 0.4) is 0 Å². The van der Waals surface area contributed by atoms with Gasteiger partial charge >= 0.3 is 5.97 Å². The smallest absolute Gasteiger partial charge is 0.308 e. The second-order valence-electron chi connectivity index (χ2n) is 7.49. The van der Waals surface area contributed by atoms with E-state index in [0.29, 0.717) is 41.9 Å². The highest BCUT2D eigenvalue weighted by molar-refractivity contribution is 9.10. The number of hydrogen-bond acceptors (Lipinski definition) is 6. The lowest BCUT2D eigenvalue weighted by molar-refractivity contribution is -0.147. The fourth-order valence-electron chi connectivity index (χ4n) is 3.50. The highest BCUT2D eigenvalue weighted by atomic mass is 79.9. The summed E-state index contributed by atoms with van der Waals surface area (Å²) in [6, 6.07) is 13.9. The predicted octanol–water partition coefficient (Wildman–Crippen LogP) is 2.84. The van der Waals surface area contributed by atoms with E-state index in [1.165, 1.54) is 0 Å². The van der Waals surface area contributed by atoms with E-state index in [1.54, 1.807) is 23.1 Å². The van der Waals surface area contributed by atoms with Crippen molar-refractivity contribution in [1.29, 1.82) is 0 Å². The summed E-state index contributed by atoms with van der Waals surface area (Å²) in [4.78, 5) is 39.4. The summed E-state index contributed by atoms with van der Waals surface area (Å²) in [5.41, 5.74) is 1.35. The van der Waals surface area contributed by atoms with Crippen molar-refractivity contribution in [3.8, 4) is 5.75 Å². The number of piperazine rings is 1. The third-order valence-corrected chi connectivity index (χ3v) is 5.98. The maximum absolute atomic E-state index is 12.9. The van der Waals surface area contributed by atoms with Crippen LogP contribution >= 0.6 is 28.1 Å². The number of thiocarbonyl (C=S) groups is 1. The molecule has 34 heavy (non-hydrogen) atoms. The number of halogens is 1. The lowest BCUT2D eigenvalue weighted by atomic mass is 10.1. The van der Waals surface area contributed by atoms with Gasteiger partial charge in [-0.15, -0.1) is 0 Å². The van der Waals surface area contributed by atoms with Gasteiger partial charge in [-0.2, -0.15) is 0 Å². The molecule has 8 nitrogen and oxygen atoms in total. The molecule has 1 atom stereocenters. The summed E-state index contributed by atoms with van der Waals surface area (Å²) < 4.78 is 11.6. The molecule has 1 saturated heterocycles. The quantitative estimate of drug-likeness (QED) is 0.387. The summed E-state index contributed by atoms with van der Waals surface area (Å²) in [7, 11) is 0. The van der Waals surface area contributed by atoms with Crippen molar-refractivity contribution in [2.45, 2.75) is 25.8 Å². The van der Waals surface area contributed by atoms with Crippen LogP contribution in [0.1, 0.15) is 29.3 Å². The molecular weight excluding hydrogens is 522 g/mol. The monoisotopic (exact) mass is 547 g/mol. The van der Waals surface area contributed by atoms with E-state index in [9.17, 15) is 14.4 Å². The van der Waals surface area contributed by atoms with Crippen LogP contribution in [-0.4, -0.2) is 60.1 Å². The van der Waals surface area contributed by atoms with Crippen LogP contribution in [0.15, 0.2) is 53.0 Å². The van der Waals surface area contributed by atoms with Crippen LogP contribution < -0.4 is 15.4 Å². The number of nitrogens with zero attached hydrogens (tertiary/aromatic N) is 1. The van der Waals surface area contributed by atoms with Crippen molar-refractivity contribution >= 4 is 51.0 Å². The van der Waals surface area contributed by atoms with Gasteiger partial charge in [-0.05, 0) is 42.9 Å². The van der Waals surface area contributed by atoms with Crippen LogP contribution in [0.4, 0.5) is 0 Å². The second kappa shape index (κ2) is 12.5. The average Bonchev–Trinajstić information content (AvgIpc) is 2.82. The van der Waals surface area contributed by atoms with Crippen LogP contribution in [-0.2, 0) is 20.7 Å². The summed E-state index contributed by atoms with van der Waals surface area (Å²) in [6.45, 7) is 3.12. The molecule has 3 rings (SSSR count). The number of carbonyl (C=O) groups is 3. The SMILES string of the molecule is CCOc1ccc(Br)cc1C(=O)NC(=S)N1CCNC(=O)C1CC(=O)OCCc1ccccc1. The molecule has 1 aliphatic heterocycles. The number of esters is 1. The minimum Gasteiger partial charge on any atom is -0.493 e. The van der Waals surface area contributed by atoms with Crippen molar-refractivity contribution < 1.29 is 23.9 Å². The topological polar surface area (TPSA) is 97.0 Å². The second-order valence-corrected chi connectivity index (χ2v) is 8.80. The number of hydrogen-bond donors (Lipinski definition) is 2. The molecule has 2 N–H and O–H groups in total. The third-order valence-electron chi connectivity index (χ3n) is 5.15. The third kappa shape index (κ3) is 7.01. The first-order valence-corrected chi connectivity index (χ1v) is 12.1. The van der Waals surface area contributed by atoms with Crippen molar-refractivity contribution in [3.05, 3.63) is 64.1 Å². The van der Waals surface area contributed by atoms with E-state index in [4.69, 9.17) is 21.7 Å². The first-order valence-electron chi connectivity index (χ1n) is 10.9. The Balaban J connectivity index is 1.62. The number of nitrogens with one attached hydrogen (secondary N) is 2. The fourth-order valence-corrected chi connectivity index (χ4v) is 4.17. The molecular formula is C24H26BrN3O5S. The van der Waals surface area contributed by atoms with Gasteiger partial charge in [0.15, 0.2) is 5.11 Å². The minimum absolute atomic E-state index is 0.0596. The van der Waals surface area contributed by atoms with Gasteiger partial charge in [0.2, 0.25) is 5.91 Å². The van der Waals surface area contributed by atoms with E-state index in [2.05, 4.69) is 26.6 Å². The van der Waals surface area contributed by atoms with E-state index >= 15 is 0 Å². The largest absolute Gasteiger partial charge is 0.493 e. The van der Waals surface area contributed by atoms with E-state index in [-0.39, 0.29) is 24.0 Å². The van der Waals surface area contributed by atoms with Crippen molar-refractivity contribution in [1.82, 2.24) is 15.5 Å². The molecule has 1 unspecified atom stereocenters. The van der Waals surface area contributed by atoms with Gasteiger partial charge in [0, 0.05) is 24.0 Å². The Morgan fingerprint density at radius 1 is 1.24 bits per heavy atom. The van der Waals surface area contributed by atoms with Crippen LogP contribution in [0, 0.1) is 0 Å². The minimum atomic E-state index is -0.875. The first kappa shape index (κ1) is 25.6. The molecule has 1 fully saturated rings. The van der Waals surface area contributed by atoms with Gasteiger partial charge in [-0.25, -0.2) is 0 Å². The lowest BCUT2D eigenvalue weighted by Gasteiger charge is -2.36. The zero-order chi connectivity index (χ0) is 24.5. The maximum Gasteiger partial charge on any atom is 0.308 e. The van der Waals surface area contributed by atoms with Crippen molar-refractivity contribution in [2.75, 3.05) is 26.3 Å². The molecule has 0 radical (unpaired) electrons. The molecule has 2 aromatic carbocycles. The van der Waals surface area contributed by atoms with Crippen LogP contribution in [0.25, 0.3) is 0 Å². The molecule has 1 heterocycles. The molecule has 2 aromatic rings. The summed E-state index contributed by atoms with van der Waals surface area (Å²) in [6.07, 6.45) is 0.397. The van der Waals surface area contributed by atoms with E-state index in [0.717, 1.165) is 5.56 Å². The Labute approximate surface area is 212 Å². The number of amides is 2. The Morgan fingerprint density at radius 2 is 2.00 bits per heavy atom.